The second kappa shape index (κ2) is 5.75. The first-order chi connectivity index (χ1) is 10.6. The molecule has 1 aliphatic heterocycles. The number of ketones is 1. The van der Waals surface area contributed by atoms with Crippen LogP contribution in [-0.2, 0) is 4.74 Å². The Bertz CT molecular complexity index is 659. The minimum absolute atomic E-state index is 0.0986. The average Bonchev–Trinajstić information content (AvgIpc) is 2.54. The van der Waals surface area contributed by atoms with Crippen molar-refractivity contribution in [1.29, 1.82) is 0 Å². The summed E-state index contributed by atoms with van der Waals surface area (Å²) in [6.07, 6.45) is 6.62. The van der Waals surface area contributed by atoms with Crippen LogP contribution >= 0.6 is 0 Å². The van der Waals surface area contributed by atoms with Crippen molar-refractivity contribution in [3.05, 3.63) is 41.7 Å². The molecule has 0 saturated heterocycles. The number of rotatable bonds is 3. The van der Waals surface area contributed by atoms with Crippen LogP contribution in [0.2, 0.25) is 0 Å². The average molecular weight is 302 g/mol. The number of hydrogen-bond donors (Lipinski definition) is 1. The van der Waals surface area contributed by atoms with Crippen LogP contribution in [0, 0.1) is 5.92 Å². The number of Topliss-reactive ketones (excluding diaryl/α,β-unsaturated/α-hetero) is 1. The fourth-order valence-electron chi connectivity index (χ4n) is 2.84. The number of carbonyl (C=O) groups excluding carboxylic acids is 1. The van der Waals surface area contributed by atoms with E-state index in [1.807, 2.05) is 18.2 Å². The van der Waals surface area contributed by atoms with Crippen LogP contribution in [0.3, 0.4) is 0 Å². The summed E-state index contributed by atoms with van der Waals surface area (Å²) in [7, 11) is 3.13. The molecule has 0 saturated carbocycles. The molecule has 5 nitrogen and oxygen atoms in total. The molecule has 0 fully saturated rings. The zero-order valence-electron chi connectivity index (χ0n) is 12.5. The number of methoxy groups -OCH3 is 2. The van der Waals surface area contributed by atoms with Crippen LogP contribution in [0.15, 0.2) is 36.1 Å². The highest BCUT2D eigenvalue weighted by molar-refractivity contribution is 6.02. The van der Waals surface area contributed by atoms with Gasteiger partial charge in [-0.05, 0) is 18.6 Å². The first-order valence-electron chi connectivity index (χ1n) is 7.15. The molecule has 2 aliphatic rings. The molecular formula is C17H18O5. The van der Waals surface area contributed by atoms with Gasteiger partial charge in [0.25, 0.3) is 0 Å². The normalized spacial score (nSPS) is 23.4. The van der Waals surface area contributed by atoms with Gasteiger partial charge < -0.3 is 19.3 Å². The van der Waals surface area contributed by atoms with Crippen LogP contribution in [0.1, 0.15) is 23.2 Å². The lowest BCUT2D eigenvalue weighted by Gasteiger charge is -2.31. The van der Waals surface area contributed by atoms with Crippen molar-refractivity contribution in [2.24, 2.45) is 5.92 Å². The maximum Gasteiger partial charge on any atom is 0.174 e. The molecule has 1 aromatic rings. The highest BCUT2D eigenvalue weighted by Gasteiger charge is 2.34. The number of allylic oxidation sites excluding steroid dienone is 2. The maximum absolute atomic E-state index is 12.3. The molecule has 22 heavy (non-hydrogen) atoms. The van der Waals surface area contributed by atoms with Crippen molar-refractivity contribution in [2.75, 3.05) is 14.2 Å². The Morgan fingerprint density at radius 2 is 2.09 bits per heavy atom. The van der Waals surface area contributed by atoms with Gasteiger partial charge in [0, 0.05) is 24.5 Å². The fourth-order valence-corrected chi connectivity index (χ4v) is 2.84. The molecule has 0 radical (unpaired) electrons. The van der Waals surface area contributed by atoms with Crippen molar-refractivity contribution in [3.63, 3.8) is 0 Å². The summed E-state index contributed by atoms with van der Waals surface area (Å²) in [5, 5.41) is 9.98. The van der Waals surface area contributed by atoms with Gasteiger partial charge >= 0.3 is 0 Å². The topological polar surface area (TPSA) is 65.0 Å². The lowest BCUT2D eigenvalue weighted by Crippen LogP contribution is -2.33. The lowest BCUT2D eigenvalue weighted by molar-refractivity contribution is 0.0775. The molecule has 1 N–H and O–H groups in total. The highest BCUT2D eigenvalue weighted by Crippen LogP contribution is 2.40. The summed E-state index contributed by atoms with van der Waals surface area (Å²) < 4.78 is 16.2. The number of fused-ring (bicyclic) bond motifs is 1. The molecule has 0 amide bonds. The van der Waals surface area contributed by atoms with E-state index in [1.54, 1.807) is 13.2 Å². The molecule has 116 valence electrons. The van der Waals surface area contributed by atoms with Crippen molar-refractivity contribution in [1.82, 2.24) is 0 Å². The highest BCUT2D eigenvalue weighted by atomic mass is 16.5. The van der Waals surface area contributed by atoms with E-state index >= 15 is 0 Å². The van der Waals surface area contributed by atoms with Gasteiger partial charge in [0.1, 0.15) is 34.7 Å². The Balaban J connectivity index is 1.85. The number of phenols is 1. The number of carbonyl (C=O) groups is 1. The number of aromatic hydroxyl groups is 1. The fraction of sp³-hybridized carbons (Fsp3) is 0.353. The van der Waals surface area contributed by atoms with E-state index in [2.05, 4.69) is 0 Å². The van der Waals surface area contributed by atoms with Gasteiger partial charge in [-0.15, -0.1) is 0 Å². The van der Waals surface area contributed by atoms with Gasteiger partial charge in [-0.3, -0.25) is 4.79 Å². The largest absolute Gasteiger partial charge is 0.507 e. The first kappa shape index (κ1) is 14.5. The van der Waals surface area contributed by atoms with Gasteiger partial charge in [-0.1, -0.05) is 6.08 Å². The Labute approximate surface area is 128 Å². The van der Waals surface area contributed by atoms with Crippen LogP contribution in [0.4, 0.5) is 0 Å². The SMILES string of the molecule is COC1=CCC(C2CC(=O)c3c(O)cc(OC)cc3O2)C=C1. The Morgan fingerprint density at radius 1 is 1.27 bits per heavy atom. The standard InChI is InChI=1S/C17H18O5/c1-20-11-5-3-10(4-6-11)15-9-14(19)17-13(18)7-12(21-2)8-16(17)22-15/h3,5-8,10,15,18H,4,9H2,1-2H3. The third kappa shape index (κ3) is 2.54. The van der Waals surface area contributed by atoms with Gasteiger partial charge in [0.05, 0.1) is 14.2 Å². The zero-order valence-corrected chi connectivity index (χ0v) is 12.5. The number of benzene rings is 1. The lowest BCUT2D eigenvalue weighted by atomic mass is 9.87. The Hall–Kier alpha value is -2.43. The van der Waals surface area contributed by atoms with E-state index in [9.17, 15) is 9.90 Å². The Morgan fingerprint density at radius 3 is 2.73 bits per heavy atom. The number of hydrogen-bond acceptors (Lipinski definition) is 5. The van der Waals surface area contributed by atoms with Crippen molar-refractivity contribution < 1.29 is 24.1 Å². The smallest absolute Gasteiger partial charge is 0.174 e. The summed E-state index contributed by atoms with van der Waals surface area (Å²) in [6.45, 7) is 0. The molecule has 2 atom stereocenters. The summed E-state index contributed by atoms with van der Waals surface area (Å²) in [4.78, 5) is 12.3. The van der Waals surface area contributed by atoms with Gasteiger partial charge in [-0.25, -0.2) is 0 Å². The summed E-state index contributed by atoms with van der Waals surface area (Å²) in [6, 6.07) is 3.07. The molecule has 0 spiro atoms. The van der Waals surface area contributed by atoms with Crippen LogP contribution < -0.4 is 9.47 Å². The van der Waals surface area contributed by atoms with Gasteiger partial charge in [-0.2, -0.15) is 0 Å². The van der Waals surface area contributed by atoms with E-state index in [4.69, 9.17) is 14.2 Å². The van der Waals surface area contributed by atoms with Gasteiger partial charge in [0.2, 0.25) is 0 Å². The van der Waals surface area contributed by atoms with E-state index < -0.39 is 0 Å². The van der Waals surface area contributed by atoms with Gasteiger partial charge in [0.15, 0.2) is 5.78 Å². The number of phenolic OH excluding ortho intramolecular Hbond substituents is 1. The molecule has 1 heterocycles. The molecule has 5 heteroatoms. The quantitative estimate of drug-likeness (QED) is 0.930. The summed E-state index contributed by atoms with van der Waals surface area (Å²) in [5.41, 5.74) is 0.241. The third-order valence-corrected chi connectivity index (χ3v) is 4.05. The van der Waals surface area contributed by atoms with Crippen LogP contribution in [0.5, 0.6) is 17.2 Å². The molecular weight excluding hydrogens is 284 g/mol. The van der Waals surface area contributed by atoms with Crippen molar-refractivity contribution in [3.8, 4) is 17.2 Å². The van der Waals surface area contributed by atoms with Crippen LogP contribution in [0.25, 0.3) is 0 Å². The van der Waals surface area contributed by atoms with E-state index in [1.165, 1.54) is 13.2 Å². The van der Waals surface area contributed by atoms with Crippen molar-refractivity contribution >= 4 is 5.78 Å². The molecule has 0 aromatic heterocycles. The van der Waals surface area contributed by atoms with E-state index in [-0.39, 0.29) is 35.5 Å². The third-order valence-electron chi connectivity index (χ3n) is 4.05. The predicted octanol–water partition coefficient (Wildman–Crippen LogP) is 2.84. The molecule has 1 aliphatic carbocycles. The van der Waals surface area contributed by atoms with Crippen LogP contribution in [-0.4, -0.2) is 31.2 Å². The zero-order chi connectivity index (χ0) is 15.7. The molecule has 2 unspecified atom stereocenters. The van der Waals surface area contributed by atoms with E-state index in [0.29, 0.717) is 11.5 Å². The minimum atomic E-state index is -0.252. The van der Waals surface area contributed by atoms with E-state index in [0.717, 1.165) is 12.2 Å². The molecule has 3 rings (SSSR count). The minimum Gasteiger partial charge on any atom is -0.507 e. The molecule has 0 bridgehead atoms. The van der Waals surface area contributed by atoms with Crippen molar-refractivity contribution in [2.45, 2.75) is 18.9 Å². The Kier molecular flexibility index (Phi) is 3.79. The number of ether oxygens (including phenoxy) is 3. The summed E-state index contributed by atoms with van der Waals surface area (Å²) >= 11 is 0. The predicted molar refractivity (Wildman–Crippen MR) is 80.4 cm³/mol. The monoisotopic (exact) mass is 302 g/mol. The second-order valence-electron chi connectivity index (χ2n) is 5.37. The maximum atomic E-state index is 12.3. The first-order valence-corrected chi connectivity index (χ1v) is 7.15. The second-order valence-corrected chi connectivity index (χ2v) is 5.37. The molecule has 1 aromatic carbocycles. The summed E-state index contributed by atoms with van der Waals surface area (Å²) in [5.74, 6) is 1.56.